The van der Waals surface area contributed by atoms with Crippen LogP contribution < -0.4 is 56.5 Å². The number of carboxylic acids is 1. The predicted molar refractivity (Wildman–Crippen MR) is 37.2 cm³/mol. The molecule has 0 aromatic heterocycles. The van der Waals surface area contributed by atoms with Gasteiger partial charge in [-0.25, -0.2) is 4.74 Å². The van der Waals surface area contributed by atoms with Crippen molar-refractivity contribution in [2.45, 2.75) is 30.7 Å². The van der Waals surface area contributed by atoms with E-state index in [1.54, 1.807) is 0 Å². The number of rotatable bonds is 3. The second-order valence-electron chi connectivity index (χ2n) is 3.49. The number of aliphatic carboxylic acids is 1. The number of carbonyl (C=O) groups excluding carboxylic acids is 1. The SMILES string of the molecule is O=C([O-])CCN1C(F)(F)C(F)(F)OC(F)(F)C1(F)F.[K+]. The molecule has 0 aromatic carbocycles. The van der Waals surface area contributed by atoms with E-state index in [0.717, 1.165) is 0 Å². The molecule has 1 saturated heterocycles. The number of ether oxygens (including phenoxy) is 1. The summed E-state index contributed by atoms with van der Waals surface area (Å²) in [5.74, 6) is -2.16. The number of carbonyl (C=O) groups is 1. The molecule has 112 valence electrons. The quantitative estimate of drug-likeness (QED) is 0.333. The molecule has 0 atom stereocenters. The van der Waals surface area contributed by atoms with Gasteiger partial charge in [0.1, 0.15) is 0 Å². The normalized spacial score (nSPS) is 26.6. The molecule has 0 amide bonds. The maximum Gasteiger partial charge on any atom is 1.00 e. The van der Waals surface area contributed by atoms with Gasteiger partial charge in [0.2, 0.25) is 0 Å². The molecule has 0 radical (unpaired) electrons. The van der Waals surface area contributed by atoms with Crippen molar-refractivity contribution >= 4 is 5.97 Å². The average molecular weight is 341 g/mol. The Balaban J connectivity index is 0.00000361. The molecular weight excluding hydrogens is 337 g/mol. The summed E-state index contributed by atoms with van der Waals surface area (Å²) < 4.78 is 104. The number of hydrogen-bond donors (Lipinski definition) is 0. The fourth-order valence-electron chi connectivity index (χ4n) is 1.26. The van der Waals surface area contributed by atoms with Crippen LogP contribution in [0.3, 0.4) is 0 Å². The fraction of sp³-hybridized carbons (Fsp3) is 0.857. The molecule has 1 aliphatic heterocycles. The smallest absolute Gasteiger partial charge is 0.550 e. The first kappa shape index (κ1) is 20.5. The molecule has 0 aromatic rings. The molecule has 0 unspecified atom stereocenters. The minimum Gasteiger partial charge on any atom is -0.550 e. The Hall–Kier alpha value is 0.466. The van der Waals surface area contributed by atoms with Crippen LogP contribution in [0.4, 0.5) is 35.1 Å². The van der Waals surface area contributed by atoms with E-state index in [9.17, 15) is 45.0 Å². The number of alkyl halides is 8. The van der Waals surface area contributed by atoms with Crippen molar-refractivity contribution in [1.29, 1.82) is 0 Å². The van der Waals surface area contributed by atoms with Crippen molar-refractivity contribution in [2.75, 3.05) is 6.54 Å². The van der Waals surface area contributed by atoms with Crippen molar-refractivity contribution in [3.63, 3.8) is 0 Å². The number of morpholine rings is 1. The Morgan fingerprint density at radius 2 is 1.30 bits per heavy atom. The summed E-state index contributed by atoms with van der Waals surface area (Å²) in [5.41, 5.74) is 0. The Morgan fingerprint density at radius 1 is 0.950 bits per heavy atom. The molecule has 1 aliphatic rings. The van der Waals surface area contributed by atoms with Gasteiger partial charge >= 0.3 is 75.7 Å². The molecule has 0 spiro atoms. The molecular formula is C7H4F8KNO3. The van der Waals surface area contributed by atoms with Crippen molar-refractivity contribution in [3.8, 4) is 0 Å². The molecule has 4 nitrogen and oxygen atoms in total. The van der Waals surface area contributed by atoms with Gasteiger partial charge in [-0.3, -0.25) is 0 Å². The third kappa shape index (κ3) is 3.28. The van der Waals surface area contributed by atoms with Crippen LogP contribution in [-0.2, 0) is 9.53 Å². The molecule has 20 heavy (non-hydrogen) atoms. The summed E-state index contributed by atoms with van der Waals surface area (Å²) >= 11 is 0. The van der Waals surface area contributed by atoms with E-state index in [1.165, 1.54) is 0 Å². The molecule has 1 rings (SSSR count). The molecule has 13 heteroatoms. The van der Waals surface area contributed by atoms with Crippen LogP contribution in [0.2, 0.25) is 0 Å². The van der Waals surface area contributed by atoms with Gasteiger partial charge in [-0.2, -0.15) is 40.0 Å². The summed E-state index contributed by atoms with van der Waals surface area (Å²) in [7, 11) is 0. The Morgan fingerprint density at radius 3 is 1.60 bits per heavy atom. The minimum absolute atomic E-state index is 0. The van der Waals surface area contributed by atoms with Gasteiger partial charge in [0, 0.05) is 18.9 Å². The Bertz CT molecular complexity index is 364. The summed E-state index contributed by atoms with van der Waals surface area (Å²) in [5, 5.41) is 9.95. The van der Waals surface area contributed by atoms with Gasteiger partial charge in [0.25, 0.3) is 0 Å². The number of nitrogens with zero attached hydrogens (tertiary/aromatic N) is 1. The van der Waals surface area contributed by atoms with E-state index in [4.69, 9.17) is 0 Å². The summed E-state index contributed by atoms with van der Waals surface area (Å²) in [6.45, 7) is -1.99. The predicted octanol–water partition coefficient (Wildman–Crippen LogP) is -2.17. The standard InChI is InChI=1S/C7H5F8NO3.K/c8-4(9)6(12,13)19-7(14,15)5(10,11)16(4)2-1-3(17)18;/h1-2H2,(H,17,18);/q;+1/p-1. The average Bonchev–Trinajstić information content (AvgIpc) is 2.12. The van der Waals surface area contributed by atoms with E-state index in [2.05, 4.69) is 4.74 Å². The first-order chi connectivity index (χ1) is 8.26. The van der Waals surface area contributed by atoms with Crippen molar-refractivity contribution in [1.82, 2.24) is 4.90 Å². The second-order valence-corrected chi connectivity index (χ2v) is 3.49. The van der Waals surface area contributed by atoms with Gasteiger partial charge in [-0.1, -0.05) is 0 Å². The monoisotopic (exact) mass is 341 g/mol. The van der Waals surface area contributed by atoms with Crippen molar-refractivity contribution < 1.29 is 101 Å². The first-order valence-electron chi connectivity index (χ1n) is 4.45. The largest absolute Gasteiger partial charge is 1.00 e. The van der Waals surface area contributed by atoms with Gasteiger partial charge in [0.15, 0.2) is 0 Å². The van der Waals surface area contributed by atoms with E-state index < -0.39 is 48.1 Å². The number of halogens is 8. The van der Waals surface area contributed by atoms with E-state index >= 15 is 0 Å². The maximum atomic E-state index is 13.0. The zero-order valence-electron chi connectivity index (χ0n) is 9.61. The van der Waals surface area contributed by atoms with Gasteiger partial charge in [0.05, 0.1) is 0 Å². The minimum atomic E-state index is -5.93. The van der Waals surface area contributed by atoms with Crippen molar-refractivity contribution in [3.05, 3.63) is 0 Å². The third-order valence-electron chi connectivity index (χ3n) is 2.17. The maximum absolute atomic E-state index is 13.0. The zero-order valence-corrected chi connectivity index (χ0v) is 12.7. The fourth-order valence-corrected chi connectivity index (χ4v) is 1.26. The third-order valence-corrected chi connectivity index (χ3v) is 2.17. The molecule has 1 heterocycles. The van der Waals surface area contributed by atoms with Crippen LogP contribution in [-0.4, -0.2) is 41.7 Å². The van der Waals surface area contributed by atoms with E-state index in [0.29, 0.717) is 0 Å². The molecule has 0 bridgehead atoms. The van der Waals surface area contributed by atoms with E-state index in [1.807, 2.05) is 0 Å². The van der Waals surface area contributed by atoms with Crippen molar-refractivity contribution in [2.24, 2.45) is 0 Å². The van der Waals surface area contributed by atoms with Crippen LogP contribution >= 0.6 is 0 Å². The summed E-state index contributed by atoms with van der Waals surface area (Å²) in [6, 6.07) is -11.7. The zero-order chi connectivity index (χ0) is 15.3. The summed E-state index contributed by atoms with van der Waals surface area (Å²) in [6.07, 6.45) is -13.4. The van der Waals surface area contributed by atoms with Gasteiger partial charge in [-0.15, -0.1) is 0 Å². The van der Waals surface area contributed by atoms with Gasteiger partial charge < -0.3 is 9.90 Å². The first-order valence-corrected chi connectivity index (χ1v) is 4.45. The second kappa shape index (κ2) is 5.93. The number of carboxylic acid groups (broad SMARTS) is 1. The van der Waals surface area contributed by atoms with Crippen LogP contribution in [0.15, 0.2) is 0 Å². The van der Waals surface area contributed by atoms with Crippen LogP contribution in [0.5, 0.6) is 0 Å². The molecule has 1 fully saturated rings. The van der Waals surface area contributed by atoms with Gasteiger partial charge in [-0.05, 0) is 0 Å². The molecule has 0 N–H and O–H groups in total. The molecule has 0 saturated carbocycles. The Labute approximate surface area is 148 Å². The van der Waals surface area contributed by atoms with E-state index in [-0.39, 0.29) is 51.4 Å². The molecule has 0 aliphatic carbocycles. The van der Waals surface area contributed by atoms with Crippen LogP contribution in [0.25, 0.3) is 0 Å². The van der Waals surface area contributed by atoms with Crippen LogP contribution in [0.1, 0.15) is 6.42 Å². The topological polar surface area (TPSA) is 52.6 Å². The van der Waals surface area contributed by atoms with Crippen LogP contribution in [0, 0.1) is 0 Å². The Kier molecular flexibility index (Phi) is 6.07. The number of hydrogen-bond acceptors (Lipinski definition) is 4. The summed E-state index contributed by atoms with van der Waals surface area (Å²) in [4.78, 5) is 8.04.